The molecule has 10 heteroatoms. The number of ether oxygens (including phenoxy) is 1. The Kier molecular flexibility index (Phi) is 13.6. The Labute approximate surface area is 255 Å². The number of halogens is 1. The fraction of sp³-hybridized carbons (Fsp3) is 0.625. The zero-order valence-corrected chi connectivity index (χ0v) is 26.6. The third-order valence-electron chi connectivity index (χ3n) is 7.28. The van der Waals surface area contributed by atoms with Crippen molar-refractivity contribution in [3.63, 3.8) is 0 Å². The van der Waals surface area contributed by atoms with Gasteiger partial charge < -0.3 is 15.4 Å². The molecule has 0 atom stereocenters. The highest BCUT2D eigenvalue weighted by molar-refractivity contribution is 6.34. The highest BCUT2D eigenvalue weighted by atomic mass is 35.5. The van der Waals surface area contributed by atoms with Crippen molar-refractivity contribution in [1.29, 1.82) is 0 Å². The van der Waals surface area contributed by atoms with Crippen LogP contribution in [0.2, 0.25) is 5.02 Å². The van der Waals surface area contributed by atoms with Crippen LogP contribution in [0.1, 0.15) is 117 Å². The summed E-state index contributed by atoms with van der Waals surface area (Å²) in [5, 5.41) is 13.8. The second-order valence-corrected chi connectivity index (χ2v) is 12.4. The van der Waals surface area contributed by atoms with Crippen molar-refractivity contribution in [2.45, 2.75) is 117 Å². The number of nitrogens with zero attached hydrogens (tertiary/aromatic N) is 3. The van der Waals surface area contributed by atoms with Crippen molar-refractivity contribution in [2.75, 3.05) is 18.5 Å². The first-order chi connectivity index (χ1) is 20.2. The average molecular weight is 601 g/mol. The van der Waals surface area contributed by atoms with Crippen LogP contribution in [0.15, 0.2) is 24.3 Å². The van der Waals surface area contributed by atoms with Crippen molar-refractivity contribution in [1.82, 2.24) is 25.1 Å². The van der Waals surface area contributed by atoms with Gasteiger partial charge in [-0.2, -0.15) is 4.63 Å². The minimum absolute atomic E-state index is 0.120. The number of aromatic nitrogens is 4. The summed E-state index contributed by atoms with van der Waals surface area (Å²) < 4.78 is 6.88. The van der Waals surface area contributed by atoms with Gasteiger partial charge in [0.15, 0.2) is 11.5 Å². The molecule has 2 amide bonds. The third-order valence-corrected chi connectivity index (χ3v) is 7.64. The lowest BCUT2D eigenvalue weighted by Crippen LogP contribution is -2.31. The zero-order valence-electron chi connectivity index (χ0n) is 25.9. The normalized spacial score (nSPS) is 11.6. The number of nitrogens with one attached hydrogen (secondary N) is 3. The molecule has 42 heavy (non-hydrogen) atoms. The zero-order chi connectivity index (χ0) is 30.4. The molecule has 0 saturated heterocycles. The van der Waals surface area contributed by atoms with E-state index >= 15 is 0 Å². The molecule has 0 bridgehead atoms. The smallest absolute Gasteiger partial charge is 0.319 e. The first-order valence-electron chi connectivity index (χ1n) is 15.6. The molecule has 0 saturated carbocycles. The van der Waals surface area contributed by atoms with Crippen LogP contribution in [0, 0.1) is 0 Å². The van der Waals surface area contributed by atoms with Crippen molar-refractivity contribution in [3.8, 4) is 11.4 Å². The SMILES string of the molecule is CCCCCCCCCCCCCCOC(=O)CCNC(=O)Nc1ccccc1-c1nc2c(Cl)c(C(C)(C)C)[nH]n2n1. The molecule has 2 aromatic heterocycles. The first-order valence-corrected chi connectivity index (χ1v) is 16.0. The summed E-state index contributed by atoms with van der Waals surface area (Å²) in [4.78, 5) is 29.2. The molecule has 1 aromatic carbocycles. The van der Waals surface area contributed by atoms with E-state index in [1.54, 1.807) is 10.7 Å². The molecule has 0 radical (unpaired) electrons. The summed E-state index contributed by atoms with van der Waals surface area (Å²) in [5.41, 5.74) is 2.39. The van der Waals surface area contributed by atoms with E-state index < -0.39 is 6.03 Å². The molecule has 0 fully saturated rings. The third kappa shape index (κ3) is 10.6. The molecule has 0 spiro atoms. The fourth-order valence-electron chi connectivity index (χ4n) is 4.84. The molecule has 3 aromatic rings. The number of urea groups is 1. The number of rotatable bonds is 18. The number of amides is 2. The lowest BCUT2D eigenvalue weighted by molar-refractivity contribution is -0.143. The molecule has 0 aliphatic rings. The number of carbonyl (C=O) groups excluding carboxylic acids is 2. The van der Waals surface area contributed by atoms with Crippen LogP contribution in [0.5, 0.6) is 0 Å². The van der Waals surface area contributed by atoms with E-state index in [-0.39, 0.29) is 24.3 Å². The lowest BCUT2D eigenvalue weighted by Gasteiger charge is -2.16. The van der Waals surface area contributed by atoms with Gasteiger partial charge in [-0.25, -0.2) is 9.78 Å². The number of hydrogen-bond donors (Lipinski definition) is 3. The molecular formula is C32H49ClN6O3. The van der Waals surface area contributed by atoms with Gasteiger partial charge in [-0.1, -0.05) is 122 Å². The van der Waals surface area contributed by atoms with Crippen LogP contribution in [-0.4, -0.2) is 45.0 Å². The Morgan fingerprint density at radius 3 is 2.19 bits per heavy atom. The number of hydrogen-bond acceptors (Lipinski definition) is 5. The summed E-state index contributed by atoms with van der Waals surface area (Å²) in [6.45, 7) is 9.04. The maximum atomic E-state index is 12.5. The predicted octanol–water partition coefficient (Wildman–Crippen LogP) is 8.43. The monoisotopic (exact) mass is 600 g/mol. The van der Waals surface area contributed by atoms with Crippen LogP contribution in [0.3, 0.4) is 0 Å². The second-order valence-electron chi connectivity index (χ2n) is 12.0. The summed E-state index contributed by atoms with van der Waals surface area (Å²) >= 11 is 6.57. The Morgan fingerprint density at radius 2 is 1.57 bits per heavy atom. The molecular weight excluding hydrogens is 552 g/mol. The van der Waals surface area contributed by atoms with Crippen LogP contribution in [-0.2, 0) is 14.9 Å². The van der Waals surface area contributed by atoms with Gasteiger partial charge in [-0.3, -0.25) is 9.89 Å². The maximum absolute atomic E-state index is 12.5. The molecule has 0 unspecified atom stereocenters. The fourth-order valence-corrected chi connectivity index (χ4v) is 5.29. The maximum Gasteiger partial charge on any atom is 0.319 e. The van der Waals surface area contributed by atoms with Gasteiger partial charge in [-0.05, 0) is 18.6 Å². The molecule has 3 rings (SSSR count). The topological polar surface area (TPSA) is 113 Å². The van der Waals surface area contributed by atoms with Crippen LogP contribution >= 0.6 is 11.6 Å². The van der Waals surface area contributed by atoms with Crippen molar-refractivity contribution < 1.29 is 14.3 Å². The van der Waals surface area contributed by atoms with Gasteiger partial charge in [0.05, 0.1) is 24.4 Å². The molecule has 0 aliphatic carbocycles. The van der Waals surface area contributed by atoms with Gasteiger partial charge in [-0.15, -0.1) is 5.10 Å². The summed E-state index contributed by atoms with van der Waals surface area (Å²) in [6, 6.07) is 6.85. The van der Waals surface area contributed by atoms with E-state index in [1.165, 1.54) is 64.2 Å². The predicted molar refractivity (Wildman–Crippen MR) is 170 cm³/mol. The summed E-state index contributed by atoms with van der Waals surface area (Å²) in [6.07, 6.45) is 15.3. The lowest BCUT2D eigenvalue weighted by atomic mass is 9.92. The number of aromatic amines is 1. The van der Waals surface area contributed by atoms with Crippen molar-refractivity contribution >= 4 is 34.9 Å². The number of esters is 1. The number of fused-ring (bicyclic) bond motifs is 1. The van der Waals surface area contributed by atoms with Crippen molar-refractivity contribution in [3.05, 3.63) is 35.0 Å². The van der Waals surface area contributed by atoms with Crippen LogP contribution in [0.4, 0.5) is 10.5 Å². The molecule has 0 aliphatic heterocycles. The van der Waals surface area contributed by atoms with E-state index in [0.717, 1.165) is 18.5 Å². The van der Waals surface area contributed by atoms with Crippen LogP contribution < -0.4 is 10.6 Å². The number of unbranched alkanes of at least 4 members (excludes halogenated alkanes) is 11. The number of benzene rings is 1. The highest BCUT2D eigenvalue weighted by Crippen LogP contribution is 2.33. The second kappa shape index (κ2) is 17.1. The summed E-state index contributed by atoms with van der Waals surface area (Å²) in [5.74, 6) is 0.128. The quantitative estimate of drug-likeness (QED) is 0.100. The number of H-pyrrole nitrogens is 1. The van der Waals surface area contributed by atoms with Gasteiger partial charge in [0, 0.05) is 17.5 Å². The van der Waals surface area contributed by atoms with E-state index in [2.05, 4.69) is 53.5 Å². The Balaban J connectivity index is 1.31. The average Bonchev–Trinajstić information content (AvgIpc) is 3.50. The highest BCUT2D eigenvalue weighted by Gasteiger charge is 2.25. The first kappa shape index (κ1) is 33.4. The Morgan fingerprint density at radius 1 is 0.952 bits per heavy atom. The number of para-hydroxylation sites is 1. The molecule has 2 heterocycles. The number of anilines is 1. The number of carbonyl (C=O) groups is 2. The molecule has 9 nitrogen and oxygen atoms in total. The molecule has 232 valence electrons. The minimum atomic E-state index is -0.422. The molecule has 3 N–H and O–H groups in total. The standard InChI is InChI=1S/C32H49ClN6O3/c1-5-6-7-8-9-10-11-12-13-14-15-18-23-42-26(40)21-22-34-31(41)35-25-20-17-16-19-24(25)29-36-30-27(33)28(32(2,3)4)37-39(30)38-29/h16-17,19-20,37H,5-15,18,21-23H2,1-4H3,(H2,34,35,41). The van der Waals surface area contributed by atoms with E-state index in [1.807, 2.05) is 18.2 Å². The summed E-state index contributed by atoms with van der Waals surface area (Å²) in [7, 11) is 0. The van der Waals surface area contributed by atoms with Crippen molar-refractivity contribution in [2.24, 2.45) is 0 Å². The van der Waals surface area contributed by atoms with E-state index in [0.29, 0.717) is 34.4 Å². The Bertz CT molecular complexity index is 1260. The Hall–Kier alpha value is -3.07. The van der Waals surface area contributed by atoms with Gasteiger partial charge in [0.25, 0.3) is 0 Å². The van der Waals surface area contributed by atoms with Crippen LogP contribution in [0.25, 0.3) is 17.0 Å². The van der Waals surface area contributed by atoms with E-state index in [9.17, 15) is 9.59 Å². The van der Waals surface area contributed by atoms with Gasteiger partial charge in [0.1, 0.15) is 5.02 Å². The van der Waals surface area contributed by atoms with Gasteiger partial charge >= 0.3 is 12.0 Å². The minimum Gasteiger partial charge on any atom is -0.466 e. The van der Waals surface area contributed by atoms with Gasteiger partial charge in [0.2, 0.25) is 0 Å². The largest absolute Gasteiger partial charge is 0.466 e. The van der Waals surface area contributed by atoms with E-state index in [4.69, 9.17) is 16.3 Å².